The number of anilines is 1. The molecule has 0 spiro atoms. The lowest BCUT2D eigenvalue weighted by molar-refractivity contribution is -0.126. The average molecular weight is 333 g/mol. The molecular weight excluding hydrogens is 314 g/mol. The highest BCUT2D eigenvalue weighted by Gasteiger charge is 2.37. The van der Waals surface area contributed by atoms with Crippen LogP contribution in [0.15, 0.2) is 24.3 Å². The predicted octanol–water partition coefficient (Wildman–Crippen LogP) is 2.69. The number of hydrogen-bond donors (Lipinski definition) is 1. The zero-order valence-corrected chi connectivity index (χ0v) is 13.8. The number of rotatable bonds is 2. The summed E-state index contributed by atoms with van der Waals surface area (Å²) in [6.07, 6.45) is 1.28. The Labute approximate surface area is 139 Å². The molecule has 0 radical (unpaired) electrons. The molecule has 2 saturated heterocycles. The molecule has 1 N–H and O–H groups in total. The van der Waals surface area contributed by atoms with Crippen LogP contribution in [-0.4, -0.2) is 51.9 Å². The van der Waals surface area contributed by atoms with Gasteiger partial charge in [0.25, 0.3) is 5.24 Å². The van der Waals surface area contributed by atoms with Crippen molar-refractivity contribution >= 4 is 34.6 Å². The first kappa shape index (κ1) is 15.9. The van der Waals surface area contributed by atoms with Gasteiger partial charge >= 0.3 is 6.03 Å². The number of nitrogens with zero attached hydrogens (tertiary/aromatic N) is 2. The second kappa shape index (κ2) is 6.62. The van der Waals surface area contributed by atoms with Gasteiger partial charge in [0.2, 0.25) is 5.91 Å². The Morgan fingerprint density at radius 1 is 1.26 bits per heavy atom. The van der Waals surface area contributed by atoms with Crippen molar-refractivity contribution in [2.45, 2.75) is 25.8 Å². The van der Waals surface area contributed by atoms with Gasteiger partial charge in [0, 0.05) is 24.8 Å². The molecule has 0 aromatic heterocycles. The molecule has 4 amide bonds. The number of imide groups is 1. The van der Waals surface area contributed by atoms with Crippen molar-refractivity contribution < 1.29 is 14.4 Å². The van der Waals surface area contributed by atoms with Crippen LogP contribution in [0.4, 0.5) is 15.3 Å². The summed E-state index contributed by atoms with van der Waals surface area (Å²) in [5.41, 5.74) is 1.86. The molecule has 0 aliphatic carbocycles. The van der Waals surface area contributed by atoms with Crippen molar-refractivity contribution in [2.75, 3.05) is 24.2 Å². The first-order chi connectivity index (χ1) is 11.0. The normalized spacial score (nSPS) is 19.3. The van der Waals surface area contributed by atoms with E-state index in [2.05, 4.69) is 5.32 Å². The fourth-order valence-electron chi connectivity index (χ4n) is 2.97. The van der Waals surface area contributed by atoms with E-state index in [4.69, 9.17) is 0 Å². The molecule has 0 saturated carbocycles. The molecule has 2 aliphatic heterocycles. The summed E-state index contributed by atoms with van der Waals surface area (Å²) in [4.78, 5) is 38.9. The van der Waals surface area contributed by atoms with Crippen molar-refractivity contribution in [3.05, 3.63) is 29.8 Å². The van der Waals surface area contributed by atoms with E-state index in [1.54, 1.807) is 4.90 Å². The van der Waals surface area contributed by atoms with Crippen molar-refractivity contribution in [3.8, 4) is 0 Å². The molecule has 3 rings (SSSR count). The number of piperidine rings is 1. The Bertz CT molecular complexity index is 625. The lowest BCUT2D eigenvalue weighted by Gasteiger charge is -2.35. The van der Waals surface area contributed by atoms with Crippen molar-refractivity contribution in [3.63, 3.8) is 0 Å². The Kier molecular flexibility index (Phi) is 4.56. The Morgan fingerprint density at radius 3 is 2.61 bits per heavy atom. The van der Waals surface area contributed by atoms with Crippen LogP contribution in [-0.2, 0) is 4.79 Å². The van der Waals surface area contributed by atoms with Gasteiger partial charge in [0.1, 0.15) is 0 Å². The maximum Gasteiger partial charge on any atom is 0.321 e. The van der Waals surface area contributed by atoms with Gasteiger partial charge in [-0.2, -0.15) is 0 Å². The van der Waals surface area contributed by atoms with Crippen LogP contribution in [0.2, 0.25) is 0 Å². The third kappa shape index (κ3) is 3.50. The molecule has 6 nitrogen and oxygen atoms in total. The average Bonchev–Trinajstić information content (AvgIpc) is 2.86. The van der Waals surface area contributed by atoms with Gasteiger partial charge < -0.3 is 10.2 Å². The van der Waals surface area contributed by atoms with E-state index in [1.165, 1.54) is 4.90 Å². The summed E-state index contributed by atoms with van der Waals surface area (Å²) in [6, 6.07) is 7.44. The maximum atomic E-state index is 12.3. The number of hydrogen-bond acceptors (Lipinski definition) is 4. The van der Waals surface area contributed by atoms with Crippen LogP contribution >= 0.6 is 11.8 Å². The number of carbonyl (C=O) groups excluding carboxylic acids is 3. The van der Waals surface area contributed by atoms with Crippen molar-refractivity contribution in [2.24, 2.45) is 0 Å². The Balaban J connectivity index is 1.55. The van der Waals surface area contributed by atoms with Crippen LogP contribution in [0.3, 0.4) is 0 Å². The van der Waals surface area contributed by atoms with E-state index in [-0.39, 0.29) is 29.0 Å². The number of benzene rings is 1. The predicted molar refractivity (Wildman–Crippen MR) is 89.5 cm³/mol. The summed E-state index contributed by atoms with van der Waals surface area (Å²) in [6.45, 7) is 3.07. The highest BCUT2D eigenvalue weighted by atomic mass is 32.2. The second-order valence-corrected chi connectivity index (χ2v) is 6.76. The van der Waals surface area contributed by atoms with Gasteiger partial charge in [0.05, 0.1) is 5.75 Å². The first-order valence-corrected chi connectivity index (χ1v) is 8.64. The molecule has 0 atom stereocenters. The highest BCUT2D eigenvalue weighted by Crippen LogP contribution is 2.26. The Morgan fingerprint density at radius 2 is 2.00 bits per heavy atom. The van der Waals surface area contributed by atoms with Crippen molar-refractivity contribution in [1.82, 2.24) is 9.80 Å². The lowest BCUT2D eigenvalue weighted by atomic mass is 10.0. The van der Waals surface area contributed by atoms with E-state index < -0.39 is 0 Å². The van der Waals surface area contributed by atoms with Crippen LogP contribution in [0.5, 0.6) is 0 Å². The van der Waals surface area contributed by atoms with Crippen LogP contribution in [0.25, 0.3) is 0 Å². The number of thioether (sulfide) groups is 1. The second-order valence-electron chi connectivity index (χ2n) is 5.84. The SMILES string of the molecule is Cc1cccc(NC(=O)N2CCC(N3C(=O)CSC3=O)CC2)c1. The fourth-order valence-corrected chi connectivity index (χ4v) is 3.75. The third-order valence-corrected chi connectivity index (χ3v) is 5.01. The number of nitrogens with one attached hydrogen (secondary N) is 1. The molecule has 2 heterocycles. The van der Waals surface area contributed by atoms with E-state index in [9.17, 15) is 14.4 Å². The largest absolute Gasteiger partial charge is 0.324 e. The molecular formula is C16H19N3O3S. The molecule has 122 valence electrons. The maximum absolute atomic E-state index is 12.3. The number of urea groups is 1. The van der Waals surface area contributed by atoms with E-state index in [0.29, 0.717) is 25.9 Å². The molecule has 0 unspecified atom stereocenters. The molecule has 2 aliphatic rings. The zero-order valence-electron chi connectivity index (χ0n) is 12.9. The first-order valence-electron chi connectivity index (χ1n) is 7.66. The quantitative estimate of drug-likeness (QED) is 0.903. The number of amides is 4. The van der Waals surface area contributed by atoms with Gasteiger partial charge in [-0.3, -0.25) is 14.5 Å². The standard InChI is InChI=1S/C16H19N3O3S/c1-11-3-2-4-12(9-11)17-15(21)18-7-5-13(6-8-18)19-14(20)10-23-16(19)22/h2-4,9,13H,5-8,10H2,1H3,(H,17,21). The monoisotopic (exact) mass is 333 g/mol. The van der Waals surface area contributed by atoms with Gasteiger partial charge in [-0.15, -0.1) is 0 Å². The number of likely N-dealkylation sites (tertiary alicyclic amines) is 1. The fraction of sp³-hybridized carbons (Fsp3) is 0.438. The number of carbonyl (C=O) groups is 3. The zero-order chi connectivity index (χ0) is 16.4. The van der Waals surface area contributed by atoms with Crippen molar-refractivity contribution in [1.29, 1.82) is 0 Å². The molecule has 7 heteroatoms. The van der Waals surface area contributed by atoms with E-state index >= 15 is 0 Å². The summed E-state index contributed by atoms with van der Waals surface area (Å²) in [5.74, 6) is 0.134. The molecule has 1 aromatic carbocycles. The molecule has 23 heavy (non-hydrogen) atoms. The van der Waals surface area contributed by atoms with Crippen LogP contribution in [0.1, 0.15) is 18.4 Å². The summed E-state index contributed by atoms with van der Waals surface area (Å²) >= 11 is 1.06. The number of aryl methyl sites for hydroxylation is 1. The topological polar surface area (TPSA) is 69.7 Å². The van der Waals surface area contributed by atoms with Gasteiger partial charge in [-0.25, -0.2) is 4.79 Å². The smallest absolute Gasteiger partial charge is 0.321 e. The van der Waals surface area contributed by atoms with Gasteiger partial charge in [-0.05, 0) is 37.5 Å². The van der Waals surface area contributed by atoms with E-state index in [0.717, 1.165) is 23.0 Å². The summed E-state index contributed by atoms with van der Waals surface area (Å²) < 4.78 is 0. The Hall–Kier alpha value is -2.02. The molecule has 2 fully saturated rings. The molecule has 1 aromatic rings. The van der Waals surface area contributed by atoms with E-state index in [1.807, 2.05) is 31.2 Å². The minimum absolute atomic E-state index is 0.0759. The summed E-state index contributed by atoms with van der Waals surface area (Å²) in [7, 11) is 0. The van der Waals surface area contributed by atoms with Gasteiger partial charge in [-0.1, -0.05) is 23.9 Å². The van der Waals surface area contributed by atoms with Crippen LogP contribution < -0.4 is 5.32 Å². The minimum Gasteiger partial charge on any atom is -0.324 e. The highest BCUT2D eigenvalue weighted by molar-refractivity contribution is 8.14. The lowest BCUT2D eigenvalue weighted by Crippen LogP contribution is -2.49. The molecule has 0 bridgehead atoms. The minimum atomic E-state index is -0.155. The van der Waals surface area contributed by atoms with Crippen LogP contribution in [0, 0.1) is 6.92 Å². The third-order valence-electron chi connectivity index (χ3n) is 4.17. The van der Waals surface area contributed by atoms with Gasteiger partial charge in [0.15, 0.2) is 0 Å². The summed E-state index contributed by atoms with van der Waals surface area (Å²) in [5, 5.41) is 2.73.